The molecule has 0 aliphatic rings. The molecule has 122 valence electrons. The fourth-order valence-corrected chi connectivity index (χ4v) is 3.17. The molecule has 4 nitrogen and oxygen atoms in total. The summed E-state index contributed by atoms with van der Waals surface area (Å²) >= 11 is 4.92. The number of rotatable bonds is 6. The second kappa shape index (κ2) is 8.26. The van der Waals surface area contributed by atoms with E-state index in [4.69, 9.17) is 4.74 Å². The number of hydrogen-bond donors (Lipinski definition) is 1. The van der Waals surface area contributed by atoms with Gasteiger partial charge in [0.2, 0.25) is 0 Å². The Morgan fingerprint density at radius 2 is 2.17 bits per heavy atom. The number of nitrogens with one attached hydrogen (secondary N) is 1. The smallest absolute Gasteiger partial charge is 0.277 e. The van der Waals surface area contributed by atoms with Crippen LogP contribution in [-0.4, -0.2) is 18.7 Å². The summed E-state index contributed by atoms with van der Waals surface area (Å²) in [5.41, 5.74) is 4.66. The van der Waals surface area contributed by atoms with Gasteiger partial charge in [0.15, 0.2) is 6.61 Å². The topological polar surface area (TPSA) is 50.7 Å². The fraction of sp³-hybridized carbons (Fsp3) is 0.294. The van der Waals surface area contributed by atoms with Gasteiger partial charge in [0.05, 0.1) is 10.0 Å². The Labute approximate surface area is 148 Å². The molecular formula is C17H19BrN2O2S. The standard InChI is InChI=1S/C17H19BrN2O2S/c1-11(2)13-5-4-12(3)15(8-13)22-10-17(21)20-19-9-14-6-7-16(18)23-14/h4-9,11H,10H2,1-3H3,(H,20,21). The van der Waals surface area contributed by atoms with E-state index in [2.05, 4.69) is 46.4 Å². The normalized spacial score (nSPS) is 11.2. The molecular weight excluding hydrogens is 376 g/mol. The zero-order valence-electron chi connectivity index (χ0n) is 13.3. The Morgan fingerprint density at radius 3 is 2.83 bits per heavy atom. The average molecular weight is 395 g/mol. The predicted octanol–water partition coefficient (Wildman–Crippen LogP) is 4.47. The minimum atomic E-state index is -0.286. The zero-order valence-corrected chi connectivity index (χ0v) is 15.7. The van der Waals surface area contributed by atoms with Gasteiger partial charge >= 0.3 is 0 Å². The van der Waals surface area contributed by atoms with Crippen LogP contribution < -0.4 is 10.2 Å². The zero-order chi connectivity index (χ0) is 16.8. The van der Waals surface area contributed by atoms with Crippen molar-refractivity contribution >= 4 is 39.4 Å². The highest BCUT2D eigenvalue weighted by Gasteiger charge is 2.07. The quantitative estimate of drug-likeness (QED) is 0.580. The van der Waals surface area contributed by atoms with Crippen molar-refractivity contribution in [2.75, 3.05) is 6.61 Å². The average Bonchev–Trinajstić information content (AvgIpc) is 2.91. The lowest BCUT2D eigenvalue weighted by atomic mass is 10.0. The van der Waals surface area contributed by atoms with Crippen LogP contribution in [0.5, 0.6) is 5.75 Å². The van der Waals surface area contributed by atoms with Crippen LogP contribution in [0.15, 0.2) is 39.2 Å². The molecule has 1 aromatic heterocycles. The molecule has 6 heteroatoms. The van der Waals surface area contributed by atoms with Gasteiger partial charge in [0.1, 0.15) is 5.75 Å². The number of hydrogen-bond acceptors (Lipinski definition) is 4. The lowest BCUT2D eigenvalue weighted by molar-refractivity contribution is -0.123. The van der Waals surface area contributed by atoms with Gasteiger partial charge in [-0.3, -0.25) is 4.79 Å². The Morgan fingerprint density at radius 1 is 1.39 bits per heavy atom. The van der Waals surface area contributed by atoms with Gasteiger partial charge in [0.25, 0.3) is 5.91 Å². The minimum Gasteiger partial charge on any atom is -0.483 e. The van der Waals surface area contributed by atoms with Gasteiger partial charge < -0.3 is 4.74 Å². The number of aryl methyl sites for hydroxylation is 1. The first-order valence-electron chi connectivity index (χ1n) is 7.26. The summed E-state index contributed by atoms with van der Waals surface area (Å²) in [4.78, 5) is 12.7. The summed E-state index contributed by atoms with van der Waals surface area (Å²) in [5, 5.41) is 3.92. The first-order valence-corrected chi connectivity index (χ1v) is 8.87. The summed E-state index contributed by atoms with van der Waals surface area (Å²) in [6.45, 7) is 6.15. The first kappa shape index (κ1) is 17.7. The number of benzene rings is 1. The largest absolute Gasteiger partial charge is 0.483 e. The van der Waals surface area contributed by atoms with E-state index in [1.807, 2.05) is 31.2 Å². The van der Waals surface area contributed by atoms with Gasteiger partial charge in [-0.15, -0.1) is 11.3 Å². The molecule has 0 fully saturated rings. The molecule has 0 saturated heterocycles. The van der Waals surface area contributed by atoms with Crippen LogP contribution in [0.4, 0.5) is 0 Å². The number of amides is 1. The van der Waals surface area contributed by atoms with Crippen molar-refractivity contribution in [3.8, 4) is 5.75 Å². The van der Waals surface area contributed by atoms with Crippen molar-refractivity contribution < 1.29 is 9.53 Å². The van der Waals surface area contributed by atoms with Crippen LogP contribution >= 0.6 is 27.3 Å². The van der Waals surface area contributed by atoms with Gasteiger partial charge in [-0.1, -0.05) is 26.0 Å². The molecule has 2 aromatic rings. The summed E-state index contributed by atoms with van der Waals surface area (Å²) in [7, 11) is 0. The number of carbonyl (C=O) groups excluding carboxylic acids is 1. The molecule has 0 radical (unpaired) electrons. The molecule has 23 heavy (non-hydrogen) atoms. The SMILES string of the molecule is Cc1ccc(C(C)C)cc1OCC(=O)NN=Cc1ccc(Br)s1. The maximum absolute atomic E-state index is 11.8. The third-order valence-corrected chi connectivity index (χ3v) is 4.77. The highest BCUT2D eigenvalue weighted by Crippen LogP contribution is 2.24. The lowest BCUT2D eigenvalue weighted by Crippen LogP contribution is -2.24. The molecule has 0 bridgehead atoms. The second-order valence-electron chi connectivity index (χ2n) is 5.40. The van der Waals surface area contributed by atoms with Crippen LogP contribution in [0, 0.1) is 6.92 Å². The number of carbonyl (C=O) groups is 1. The number of ether oxygens (including phenoxy) is 1. The maximum atomic E-state index is 11.8. The Hall–Kier alpha value is -1.66. The van der Waals surface area contributed by atoms with E-state index in [0.717, 1.165) is 20.0 Å². The molecule has 0 spiro atoms. The van der Waals surface area contributed by atoms with E-state index in [0.29, 0.717) is 5.92 Å². The van der Waals surface area contributed by atoms with E-state index in [9.17, 15) is 4.79 Å². The van der Waals surface area contributed by atoms with Crippen LogP contribution in [-0.2, 0) is 4.79 Å². The highest BCUT2D eigenvalue weighted by molar-refractivity contribution is 9.11. The molecule has 2 rings (SSSR count). The van der Waals surface area contributed by atoms with Crippen LogP contribution in [0.3, 0.4) is 0 Å². The maximum Gasteiger partial charge on any atom is 0.277 e. The minimum absolute atomic E-state index is 0.0616. The number of nitrogens with zero attached hydrogens (tertiary/aromatic N) is 1. The Bertz CT molecular complexity index is 710. The molecule has 0 aliphatic carbocycles. The monoisotopic (exact) mass is 394 g/mol. The van der Waals surface area contributed by atoms with E-state index in [1.165, 1.54) is 5.56 Å². The molecule has 0 atom stereocenters. The van der Waals surface area contributed by atoms with Crippen LogP contribution in [0.2, 0.25) is 0 Å². The lowest BCUT2D eigenvalue weighted by Gasteiger charge is -2.12. The number of thiophene rings is 1. The summed E-state index contributed by atoms with van der Waals surface area (Å²) in [6.07, 6.45) is 1.61. The van der Waals surface area contributed by atoms with Gasteiger partial charge in [-0.25, -0.2) is 5.43 Å². The van der Waals surface area contributed by atoms with Gasteiger partial charge in [0, 0.05) is 4.88 Å². The van der Waals surface area contributed by atoms with Crippen LogP contribution in [0.1, 0.15) is 35.8 Å². The third-order valence-electron chi connectivity index (χ3n) is 3.21. The molecule has 1 amide bonds. The fourth-order valence-electron chi connectivity index (χ4n) is 1.87. The first-order chi connectivity index (χ1) is 11.0. The summed E-state index contributed by atoms with van der Waals surface area (Å²) in [5.74, 6) is 0.866. The van der Waals surface area contributed by atoms with Crippen molar-refractivity contribution in [1.29, 1.82) is 0 Å². The molecule has 1 heterocycles. The Kier molecular flexibility index (Phi) is 6.36. The van der Waals surface area contributed by atoms with E-state index in [-0.39, 0.29) is 12.5 Å². The van der Waals surface area contributed by atoms with Gasteiger partial charge in [-0.05, 0) is 58.1 Å². The number of halogens is 1. The molecule has 0 unspecified atom stereocenters. The van der Waals surface area contributed by atoms with E-state index in [1.54, 1.807) is 17.6 Å². The van der Waals surface area contributed by atoms with E-state index < -0.39 is 0 Å². The van der Waals surface area contributed by atoms with Crippen molar-refractivity contribution in [3.63, 3.8) is 0 Å². The molecule has 0 saturated carbocycles. The van der Waals surface area contributed by atoms with E-state index >= 15 is 0 Å². The summed E-state index contributed by atoms with van der Waals surface area (Å²) in [6, 6.07) is 9.93. The molecule has 0 aliphatic heterocycles. The highest BCUT2D eigenvalue weighted by atomic mass is 79.9. The summed E-state index contributed by atoms with van der Waals surface area (Å²) < 4.78 is 6.63. The van der Waals surface area contributed by atoms with Crippen molar-refractivity contribution in [1.82, 2.24) is 5.43 Å². The predicted molar refractivity (Wildman–Crippen MR) is 98.5 cm³/mol. The van der Waals surface area contributed by atoms with Crippen molar-refractivity contribution in [3.05, 3.63) is 50.1 Å². The van der Waals surface area contributed by atoms with Crippen LogP contribution in [0.25, 0.3) is 0 Å². The molecule has 1 N–H and O–H groups in total. The molecule has 1 aromatic carbocycles. The van der Waals surface area contributed by atoms with Crippen molar-refractivity contribution in [2.24, 2.45) is 5.10 Å². The third kappa shape index (κ3) is 5.48. The second-order valence-corrected chi connectivity index (χ2v) is 7.90. The Balaban J connectivity index is 1.87. The van der Waals surface area contributed by atoms with Gasteiger partial charge in [-0.2, -0.15) is 5.10 Å². The van der Waals surface area contributed by atoms with Crippen molar-refractivity contribution in [2.45, 2.75) is 26.7 Å². The number of hydrazone groups is 1.